The Labute approximate surface area is 172 Å². The monoisotopic (exact) mass is 407 g/mol. The fourth-order valence-electron chi connectivity index (χ4n) is 3.52. The number of aryl methyl sites for hydroxylation is 1. The number of fused-ring (bicyclic) bond motifs is 2. The van der Waals surface area contributed by atoms with Gasteiger partial charge in [0.25, 0.3) is 5.91 Å². The van der Waals surface area contributed by atoms with Crippen LogP contribution in [0.3, 0.4) is 0 Å². The van der Waals surface area contributed by atoms with Crippen molar-refractivity contribution in [3.8, 4) is 5.75 Å². The van der Waals surface area contributed by atoms with Crippen LogP contribution in [0.2, 0.25) is 0 Å². The van der Waals surface area contributed by atoms with E-state index in [4.69, 9.17) is 13.9 Å². The Kier molecular flexibility index (Phi) is 5.52. The largest absolute Gasteiger partial charge is 0.482 e. The number of hydrogen-bond donors (Lipinski definition) is 0. The molecule has 7 nitrogen and oxygen atoms in total. The Morgan fingerprint density at radius 2 is 1.87 bits per heavy atom. The average molecular weight is 407 g/mol. The van der Waals surface area contributed by atoms with Gasteiger partial charge < -0.3 is 18.8 Å². The molecule has 1 aliphatic heterocycles. The number of rotatable bonds is 5. The first-order valence-corrected chi connectivity index (χ1v) is 9.67. The van der Waals surface area contributed by atoms with E-state index in [1.165, 1.54) is 11.6 Å². The number of esters is 1. The van der Waals surface area contributed by atoms with Crippen LogP contribution in [-0.2, 0) is 27.3 Å². The molecule has 0 N–H and O–H groups in total. The van der Waals surface area contributed by atoms with Crippen molar-refractivity contribution in [3.63, 3.8) is 0 Å². The van der Waals surface area contributed by atoms with E-state index in [0.717, 1.165) is 22.9 Å². The summed E-state index contributed by atoms with van der Waals surface area (Å²) in [6.45, 7) is 2.26. The quantitative estimate of drug-likeness (QED) is 0.477. The highest BCUT2D eigenvalue weighted by Gasteiger charge is 2.21. The minimum absolute atomic E-state index is 0.235. The first-order chi connectivity index (χ1) is 14.5. The predicted molar refractivity (Wildman–Crippen MR) is 109 cm³/mol. The summed E-state index contributed by atoms with van der Waals surface area (Å²) in [6, 6.07) is 14.4. The molecule has 0 aliphatic carbocycles. The third-order valence-corrected chi connectivity index (χ3v) is 5.12. The van der Waals surface area contributed by atoms with Crippen LogP contribution in [0.25, 0.3) is 11.0 Å². The van der Waals surface area contributed by atoms with Gasteiger partial charge in [-0.2, -0.15) is 0 Å². The lowest BCUT2D eigenvalue weighted by molar-refractivity contribution is -0.154. The minimum Gasteiger partial charge on any atom is -0.482 e. The fraction of sp³-hybridized carbons (Fsp3) is 0.261. The topological polar surface area (TPSA) is 86.0 Å². The molecule has 154 valence electrons. The summed E-state index contributed by atoms with van der Waals surface area (Å²) in [5, 5.41) is 0.790. The van der Waals surface area contributed by atoms with Gasteiger partial charge in [-0.05, 0) is 42.2 Å². The van der Waals surface area contributed by atoms with E-state index < -0.39 is 11.6 Å². The van der Waals surface area contributed by atoms with Gasteiger partial charge in [-0.1, -0.05) is 24.3 Å². The molecule has 3 aromatic rings. The lowest BCUT2D eigenvalue weighted by atomic mass is 10.00. The molecule has 0 saturated heterocycles. The van der Waals surface area contributed by atoms with Crippen molar-refractivity contribution in [2.75, 3.05) is 19.8 Å². The van der Waals surface area contributed by atoms with Gasteiger partial charge in [-0.15, -0.1) is 0 Å². The van der Waals surface area contributed by atoms with Crippen molar-refractivity contribution in [2.45, 2.75) is 19.9 Å². The number of carbonyl (C=O) groups is 2. The Morgan fingerprint density at radius 1 is 1.07 bits per heavy atom. The second-order valence-electron chi connectivity index (χ2n) is 7.19. The number of hydrogen-bond acceptors (Lipinski definition) is 6. The molecular formula is C23H21NO6. The second kappa shape index (κ2) is 8.41. The number of nitrogens with zero attached hydrogens (tertiary/aromatic N) is 1. The number of amides is 1. The maximum absolute atomic E-state index is 12.4. The van der Waals surface area contributed by atoms with E-state index in [1.807, 2.05) is 25.1 Å². The van der Waals surface area contributed by atoms with Crippen molar-refractivity contribution in [2.24, 2.45) is 0 Å². The summed E-state index contributed by atoms with van der Waals surface area (Å²) >= 11 is 0. The van der Waals surface area contributed by atoms with Gasteiger partial charge in [-0.3, -0.25) is 4.79 Å². The van der Waals surface area contributed by atoms with Crippen molar-refractivity contribution < 1.29 is 23.5 Å². The van der Waals surface area contributed by atoms with Gasteiger partial charge in [0.05, 0.1) is 0 Å². The summed E-state index contributed by atoms with van der Waals surface area (Å²) in [6.07, 6.45) is 0.788. The summed E-state index contributed by atoms with van der Waals surface area (Å²) in [5.41, 5.74) is 3.09. The van der Waals surface area contributed by atoms with Gasteiger partial charge in [0.2, 0.25) is 0 Å². The first-order valence-electron chi connectivity index (χ1n) is 9.67. The maximum atomic E-state index is 12.4. The number of benzene rings is 2. The molecule has 0 bridgehead atoms. The van der Waals surface area contributed by atoms with E-state index in [-0.39, 0.29) is 19.1 Å². The van der Waals surface area contributed by atoms with E-state index in [1.54, 1.807) is 23.1 Å². The van der Waals surface area contributed by atoms with Gasteiger partial charge in [-0.25, -0.2) is 9.59 Å². The minimum atomic E-state index is -0.647. The Bertz CT molecular complexity index is 1170. The van der Waals surface area contributed by atoms with Gasteiger partial charge >= 0.3 is 11.6 Å². The lowest BCUT2D eigenvalue weighted by Gasteiger charge is -2.28. The second-order valence-corrected chi connectivity index (χ2v) is 7.19. The van der Waals surface area contributed by atoms with E-state index in [0.29, 0.717) is 24.4 Å². The summed E-state index contributed by atoms with van der Waals surface area (Å²) in [5.74, 6) is -0.514. The van der Waals surface area contributed by atoms with Crippen LogP contribution < -0.4 is 10.4 Å². The Morgan fingerprint density at radius 3 is 2.70 bits per heavy atom. The third-order valence-electron chi connectivity index (χ3n) is 5.12. The van der Waals surface area contributed by atoms with E-state index >= 15 is 0 Å². The Hall–Kier alpha value is -3.61. The van der Waals surface area contributed by atoms with Crippen molar-refractivity contribution in [1.82, 2.24) is 4.90 Å². The van der Waals surface area contributed by atoms with Crippen molar-refractivity contribution in [3.05, 3.63) is 75.6 Å². The molecule has 7 heteroatoms. The summed E-state index contributed by atoms with van der Waals surface area (Å²) in [7, 11) is 0. The number of ether oxygens (including phenoxy) is 2. The van der Waals surface area contributed by atoms with Gasteiger partial charge in [0, 0.05) is 30.6 Å². The zero-order valence-electron chi connectivity index (χ0n) is 16.6. The molecule has 2 aromatic carbocycles. The smallest absolute Gasteiger partial charge is 0.344 e. The SMILES string of the molecule is Cc1cc(=O)oc2cc(OCC(=O)OCC(=O)N3CCc4ccccc4C3)ccc12. The predicted octanol–water partition coefficient (Wildman–Crippen LogP) is 2.61. The first kappa shape index (κ1) is 19.7. The molecule has 2 heterocycles. The van der Waals surface area contributed by atoms with Crippen molar-refractivity contribution >= 4 is 22.8 Å². The van der Waals surface area contributed by atoms with Crippen LogP contribution in [0.5, 0.6) is 5.75 Å². The van der Waals surface area contributed by atoms with Crippen LogP contribution >= 0.6 is 0 Å². The standard InChI is InChI=1S/C23H21NO6/c1-15-10-22(26)30-20-11-18(6-7-19(15)20)28-14-23(27)29-13-21(25)24-9-8-16-4-2-3-5-17(16)12-24/h2-7,10-11H,8-9,12-14H2,1H3. The normalized spacial score (nSPS) is 13.0. The molecule has 1 amide bonds. The highest BCUT2D eigenvalue weighted by Crippen LogP contribution is 2.22. The zero-order chi connectivity index (χ0) is 21.1. The van der Waals surface area contributed by atoms with E-state index in [2.05, 4.69) is 6.07 Å². The summed E-state index contributed by atoms with van der Waals surface area (Å²) < 4.78 is 15.6. The van der Waals surface area contributed by atoms with E-state index in [9.17, 15) is 14.4 Å². The molecular weight excluding hydrogens is 386 g/mol. The molecule has 0 atom stereocenters. The molecule has 0 radical (unpaired) electrons. The molecule has 1 aromatic heterocycles. The third kappa shape index (κ3) is 4.35. The molecule has 4 rings (SSSR count). The lowest BCUT2D eigenvalue weighted by Crippen LogP contribution is -2.38. The van der Waals surface area contributed by atoms with Gasteiger partial charge in [0.1, 0.15) is 11.3 Å². The molecule has 0 unspecified atom stereocenters. The van der Waals surface area contributed by atoms with Crippen molar-refractivity contribution in [1.29, 1.82) is 0 Å². The van der Waals surface area contributed by atoms with Crippen LogP contribution in [0.15, 0.2) is 57.7 Å². The average Bonchev–Trinajstić information content (AvgIpc) is 2.75. The number of carbonyl (C=O) groups excluding carboxylic acids is 2. The molecule has 1 aliphatic rings. The fourth-order valence-corrected chi connectivity index (χ4v) is 3.52. The van der Waals surface area contributed by atoms with Crippen LogP contribution in [0.4, 0.5) is 0 Å². The van der Waals surface area contributed by atoms with Crippen LogP contribution in [-0.4, -0.2) is 36.5 Å². The van der Waals surface area contributed by atoms with Crippen LogP contribution in [0.1, 0.15) is 16.7 Å². The molecule has 30 heavy (non-hydrogen) atoms. The van der Waals surface area contributed by atoms with Gasteiger partial charge in [0.15, 0.2) is 13.2 Å². The molecule has 0 fully saturated rings. The molecule has 0 spiro atoms. The highest BCUT2D eigenvalue weighted by molar-refractivity contribution is 5.82. The zero-order valence-corrected chi connectivity index (χ0v) is 16.6. The summed E-state index contributed by atoms with van der Waals surface area (Å²) in [4.78, 5) is 37.5. The maximum Gasteiger partial charge on any atom is 0.344 e. The highest BCUT2D eigenvalue weighted by atomic mass is 16.6. The Balaban J connectivity index is 1.29. The van der Waals surface area contributed by atoms with Crippen LogP contribution in [0, 0.1) is 6.92 Å². The molecule has 0 saturated carbocycles.